The van der Waals surface area contributed by atoms with Crippen LogP contribution in [0.3, 0.4) is 0 Å². The van der Waals surface area contributed by atoms with Crippen molar-refractivity contribution in [2.75, 3.05) is 33.7 Å². The van der Waals surface area contributed by atoms with Crippen molar-refractivity contribution in [3.05, 3.63) is 34.1 Å². The molecule has 1 aliphatic heterocycles. The van der Waals surface area contributed by atoms with Crippen LogP contribution in [0.1, 0.15) is 18.4 Å². The first-order valence-electron chi connectivity index (χ1n) is 6.85. The highest BCUT2D eigenvalue weighted by Crippen LogP contribution is 2.21. The first kappa shape index (κ1) is 14.9. The van der Waals surface area contributed by atoms with Crippen LogP contribution in [-0.4, -0.2) is 43.5 Å². The van der Waals surface area contributed by atoms with E-state index in [2.05, 4.69) is 39.8 Å². The maximum Gasteiger partial charge on any atom is 0.124 e. The zero-order valence-corrected chi connectivity index (χ0v) is 13.3. The number of rotatable bonds is 4. The van der Waals surface area contributed by atoms with Gasteiger partial charge < -0.3 is 9.80 Å². The summed E-state index contributed by atoms with van der Waals surface area (Å²) in [6, 6.07) is 4.94. The summed E-state index contributed by atoms with van der Waals surface area (Å²) in [5.41, 5.74) is 1.15. The third-order valence-electron chi connectivity index (χ3n) is 3.86. The second-order valence-corrected chi connectivity index (χ2v) is 6.53. The van der Waals surface area contributed by atoms with E-state index >= 15 is 0 Å². The summed E-state index contributed by atoms with van der Waals surface area (Å²) in [6.07, 6.45) is 2.57. The molecule has 4 heteroatoms. The van der Waals surface area contributed by atoms with Gasteiger partial charge in [-0.3, -0.25) is 0 Å². The van der Waals surface area contributed by atoms with E-state index in [1.807, 2.05) is 6.07 Å². The normalized spacial score (nSPS) is 18.2. The second kappa shape index (κ2) is 6.82. The molecule has 1 heterocycles. The fourth-order valence-electron chi connectivity index (χ4n) is 2.69. The van der Waals surface area contributed by atoms with Crippen molar-refractivity contribution in [3.8, 4) is 0 Å². The molecule has 106 valence electrons. The number of hydrogen-bond acceptors (Lipinski definition) is 2. The minimum Gasteiger partial charge on any atom is -0.306 e. The number of hydrogen-bond donors (Lipinski definition) is 0. The molecule has 0 radical (unpaired) electrons. The Morgan fingerprint density at radius 2 is 2.05 bits per heavy atom. The molecule has 0 N–H and O–H groups in total. The maximum atomic E-state index is 13.0. The SMILES string of the molecule is CN1CCC(CN(C)Cc2ccc(F)cc2Br)CC1. The lowest BCUT2D eigenvalue weighted by Gasteiger charge is -2.31. The summed E-state index contributed by atoms with van der Waals surface area (Å²) in [5.74, 6) is 0.606. The topological polar surface area (TPSA) is 6.48 Å². The van der Waals surface area contributed by atoms with Gasteiger partial charge in [0.15, 0.2) is 0 Å². The van der Waals surface area contributed by atoms with Gasteiger partial charge in [-0.2, -0.15) is 0 Å². The maximum absolute atomic E-state index is 13.0. The molecule has 2 rings (SSSR count). The largest absolute Gasteiger partial charge is 0.306 e. The van der Waals surface area contributed by atoms with Crippen LogP contribution < -0.4 is 0 Å². The summed E-state index contributed by atoms with van der Waals surface area (Å²) in [5, 5.41) is 0. The molecule has 0 bridgehead atoms. The van der Waals surface area contributed by atoms with Crippen LogP contribution in [-0.2, 0) is 6.54 Å². The standard InChI is InChI=1S/C15H22BrFN2/c1-18-7-5-12(6-8-18)10-19(2)11-13-3-4-14(17)9-15(13)16/h3-4,9,12H,5-8,10-11H2,1-2H3. The zero-order valence-electron chi connectivity index (χ0n) is 11.7. The number of benzene rings is 1. The lowest BCUT2D eigenvalue weighted by molar-refractivity contribution is 0.173. The Bertz CT molecular complexity index is 417. The number of piperidine rings is 1. The van der Waals surface area contributed by atoms with Gasteiger partial charge in [0, 0.05) is 17.6 Å². The van der Waals surface area contributed by atoms with Crippen LogP contribution in [0.2, 0.25) is 0 Å². The van der Waals surface area contributed by atoms with Gasteiger partial charge in [-0.15, -0.1) is 0 Å². The summed E-state index contributed by atoms with van der Waals surface area (Å²) in [4.78, 5) is 4.74. The van der Waals surface area contributed by atoms with Crippen molar-refractivity contribution in [3.63, 3.8) is 0 Å². The minimum absolute atomic E-state index is 0.186. The molecule has 1 aromatic rings. The van der Waals surface area contributed by atoms with E-state index in [1.54, 1.807) is 6.07 Å². The molecular weight excluding hydrogens is 307 g/mol. The first-order chi connectivity index (χ1) is 9.04. The predicted octanol–water partition coefficient (Wildman–Crippen LogP) is 3.36. The number of halogens is 2. The Morgan fingerprint density at radius 3 is 2.68 bits per heavy atom. The van der Waals surface area contributed by atoms with Gasteiger partial charge in [0.25, 0.3) is 0 Å². The van der Waals surface area contributed by atoms with Gasteiger partial charge >= 0.3 is 0 Å². The molecule has 0 aromatic heterocycles. The Hall–Kier alpha value is -0.450. The average molecular weight is 329 g/mol. The predicted molar refractivity (Wildman–Crippen MR) is 80.7 cm³/mol. The molecule has 0 amide bonds. The minimum atomic E-state index is -0.186. The molecule has 1 saturated heterocycles. The lowest BCUT2D eigenvalue weighted by atomic mass is 9.96. The van der Waals surface area contributed by atoms with E-state index in [1.165, 1.54) is 32.0 Å². The van der Waals surface area contributed by atoms with E-state index in [0.29, 0.717) is 0 Å². The Morgan fingerprint density at radius 1 is 1.37 bits per heavy atom. The monoisotopic (exact) mass is 328 g/mol. The Kier molecular flexibility index (Phi) is 5.37. The molecule has 0 unspecified atom stereocenters. The Balaban J connectivity index is 1.85. The van der Waals surface area contributed by atoms with E-state index in [4.69, 9.17) is 0 Å². The highest BCUT2D eigenvalue weighted by molar-refractivity contribution is 9.10. The molecule has 0 spiro atoms. The summed E-state index contributed by atoms with van der Waals surface area (Å²) >= 11 is 3.44. The lowest BCUT2D eigenvalue weighted by Crippen LogP contribution is -2.35. The van der Waals surface area contributed by atoms with Gasteiger partial charge in [-0.05, 0) is 63.6 Å². The smallest absolute Gasteiger partial charge is 0.124 e. The molecule has 1 fully saturated rings. The van der Waals surface area contributed by atoms with Crippen LogP contribution in [0.25, 0.3) is 0 Å². The average Bonchev–Trinajstić information content (AvgIpc) is 2.36. The van der Waals surface area contributed by atoms with Gasteiger partial charge in [-0.25, -0.2) is 4.39 Å². The van der Waals surface area contributed by atoms with Crippen molar-refractivity contribution in [2.24, 2.45) is 5.92 Å². The van der Waals surface area contributed by atoms with E-state index in [-0.39, 0.29) is 5.82 Å². The zero-order chi connectivity index (χ0) is 13.8. The quantitative estimate of drug-likeness (QED) is 0.836. The molecule has 0 aliphatic carbocycles. The van der Waals surface area contributed by atoms with Crippen LogP contribution in [0, 0.1) is 11.7 Å². The third kappa shape index (κ3) is 4.55. The molecule has 1 aromatic carbocycles. The molecule has 0 saturated carbocycles. The van der Waals surface area contributed by atoms with Crippen LogP contribution in [0.4, 0.5) is 4.39 Å². The van der Waals surface area contributed by atoms with E-state index in [9.17, 15) is 4.39 Å². The first-order valence-corrected chi connectivity index (χ1v) is 7.65. The van der Waals surface area contributed by atoms with Gasteiger partial charge in [0.05, 0.1) is 0 Å². The fraction of sp³-hybridized carbons (Fsp3) is 0.600. The number of nitrogens with zero attached hydrogens (tertiary/aromatic N) is 2. The van der Waals surface area contributed by atoms with Crippen LogP contribution in [0.15, 0.2) is 22.7 Å². The van der Waals surface area contributed by atoms with Crippen molar-refractivity contribution in [2.45, 2.75) is 19.4 Å². The van der Waals surface area contributed by atoms with Gasteiger partial charge in [-0.1, -0.05) is 22.0 Å². The van der Waals surface area contributed by atoms with Gasteiger partial charge in [0.2, 0.25) is 0 Å². The molecular formula is C15H22BrFN2. The third-order valence-corrected chi connectivity index (χ3v) is 4.60. The van der Waals surface area contributed by atoms with Crippen molar-refractivity contribution >= 4 is 15.9 Å². The van der Waals surface area contributed by atoms with Crippen molar-refractivity contribution in [1.29, 1.82) is 0 Å². The molecule has 0 atom stereocenters. The second-order valence-electron chi connectivity index (χ2n) is 5.68. The number of likely N-dealkylation sites (tertiary alicyclic amines) is 1. The van der Waals surface area contributed by atoms with Crippen LogP contribution in [0.5, 0.6) is 0 Å². The molecule has 2 nitrogen and oxygen atoms in total. The highest BCUT2D eigenvalue weighted by atomic mass is 79.9. The van der Waals surface area contributed by atoms with Crippen molar-refractivity contribution in [1.82, 2.24) is 9.80 Å². The van der Waals surface area contributed by atoms with Gasteiger partial charge in [0.1, 0.15) is 5.82 Å². The van der Waals surface area contributed by atoms with E-state index in [0.717, 1.165) is 29.0 Å². The summed E-state index contributed by atoms with van der Waals surface area (Å²) in [6.45, 7) is 4.41. The van der Waals surface area contributed by atoms with Crippen LogP contribution >= 0.6 is 15.9 Å². The fourth-order valence-corrected chi connectivity index (χ4v) is 3.17. The van der Waals surface area contributed by atoms with Crippen molar-refractivity contribution < 1.29 is 4.39 Å². The van der Waals surface area contributed by atoms with E-state index < -0.39 is 0 Å². The summed E-state index contributed by atoms with van der Waals surface area (Å²) < 4.78 is 13.9. The highest BCUT2D eigenvalue weighted by Gasteiger charge is 2.18. The Labute approximate surface area is 123 Å². The molecule has 1 aliphatic rings. The molecule has 19 heavy (non-hydrogen) atoms. The summed E-state index contributed by atoms with van der Waals surface area (Å²) in [7, 11) is 4.34.